The van der Waals surface area contributed by atoms with Gasteiger partial charge in [0.25, 0.3) is 0 Å². The first-order chi connectivity index (χ1) is 12.8. The summed E-state index contributed by atoms with van der Waals surface area (Å²) in [6.07, 6.45) is 4.67. The molecule has 6 nitrogen and oxygen atoms in total. The monoisotopic (exact) mass is 370 g/mol. The van der Waals surface area contributed by atoms with Crippen molar-refractivity contribution >= 4 is 17.5 Å². The molecule has 5 rings (SSSR count). The molecule has 0 aromatic carbocycles. The Hall–Kier alpha value is -2.21. The molecule has 2 heterocycles. The van der Waals surface area contributed by atoms with Crippen molar-refractivity contribution < 1.29 is 28.3 Å². The van der Waals surface area contributed by atoms with E-state index in [9.17, 15) is 14.4 Å². The van der Waals surface area contributed by atoms with Crippen molar-refractivity contribution in [1.29, 1.82) is 0 Å². The number of methoxy groups -OCH3 is 1. The molecular formula is C21H22O6. The molecule has 4 aliphatic rings. The molecule has 2 unspecified atom stereocenters. The minimum atomic E-state index is -0.687. The average Bonchev–Trinajstić information content (AvgIpc) is 3.21. The second-order valence-electron chi connectivity index (χ2n) is 8.60. The van der Waals surface area contributed by atoms with Gasteiger partial charge in [-0.2, -0.15) is 0 Å². The van der Waals surface area contributed by atoms with E-state index in [1.165, 1.54) is 6.26 Å². The van der Waals surface area contributed by atoms with E-state index in [2.05, 4.69) is 0 Å². The molecule has 0 N–H and O–H groups in total. The van der Waals surface area contributed by atoms with Crippen LogP contribution in [-0.2, 0) is 19.7 Å². The first kappa shape index (κ1) is 16.9. The van der Waals surface area contributed by atoms with Crippen molar-refractivity contribution in [2.75, 3.05) is 13.7 Å². The minimum absolute atomic E-state index is 0.0446. The molecular weight excluding hydrogens is 348 g/mol. The maximum absolute atomic E-state index is 13.4. The maximum Gasteiger partial charge on any atom is 0.342 e. The van der Waals surface area contributed by atoms with E-state index in [1.54, 1.807) is 7.11 Å². The van der Waals surface area contributed by atoms with Crippen LogP contribution in [0.15, 0.2) is 22.3 Å². The summed E-state index contributed by atoms with van der Waals surface area (Å²) in [6, 6.07) is 0. The highest BCUT2D eigenvalue weighted by Crippen LogP contribution is 2.61. The fourth-order valence-electron chi connectivity index (χ4n) is 5.92. The SMILES string of the molecule is COC[C@H]1OC(=O)c2coc3c2[C@@]1(C)C1=CC[C@]2(C)C(=O)CCC2C1C3=O. The van der Waals surface area contributed by atoms with Gasteiger partial charge in [-0.05, 0) is 31.3 Å². The van der Waals surface area contributed by atoms with Crippen LogP contribution in [0, 0.1) is 17.3 Å². The molecule has 5 atom stereocenters. The lowest BCUT2D eigenvalue weighted by molar-refractivity contribution is -0.126. The molecule has 1 fully saturated rings. The fourth-order valence-corrected chi connectivity index (χ4v) is 5.92. The number of ether oxygens (including phenoxy) is 2. The topological polar surface area (TPSA) is 82.8 Å². The number of furan rings is 1. The Bertz CT molecular complexity index is 923. The molecule has 6 heteroatoms. The van der Waals surface area contributed by atoms with Crippen LogP contribution < -0.4 is 0 Å². The van der Waals surface area contributed by atoms with Crippen LogP contribution in [-0.4, -0.2) is 37.4 Å². The maximum atomic E-state index is 13.4. The fraction of sp³-hybridized carbons (Fsp3) is 0.571. The summed E-state index contributed by atoms with van der Waals surface area (Å²) in [4.78, 5) is 38.4. The molecule has 1 saturated carbocycles. The van der Waals surface area contributed by atoms with E-state index < -0.39 is 28.8 Å². The third kappa shape index (κ3) is 1.82. The number of rotatable bonds is 2. The number of carbonyl (C=O) groups is 3. The van der Waals surface area contributed by atoms with Gasteiger partial charge in [0.2, 0.25) is 5.78 Å². The highest BCUT2D eigenvalue weighted by Gasteiger charge is 2.63. The lowest BCUT2D eigenvalue weighted by atomic mass is 9.52. The van der Waals surface area contributed by atoms with Gasteiger partial charge in [-0.3, -0.25) is 9.59 Å². The van der Waals surface area contributed by atoms with Crippen LogP contribution in [0.1, 0.15) is 59.6 Å². The summed E-state index contributed by atoms with van der Waals surface area (Å²) < 4.78 is 16.7. The molecule has 1 aliphatic heterocycles. The number of cyclic esters (lactones) is 1. The molecule has 142 valence electrons. The van der Waals surface area contributed by atoms with Crippen molar-refractivity contribution in [2.24, 2.45) is 17.3 Å². The van der Waals surface area contributed by atoms with E-state index in [4.69, 9.17) is 13.9 Å². The number of hydrogen-bond donors (Lipinski definition) is 0. The molecule has 1 aromatic heterocycles. The van der Waals surface area contributed by atoms with Gasteiger partial charge in [0, 0.05) is 24.5 Å². The van der Waals surface area contributed by atoms with Crippen LogP contribution in [0.2, 0.25) is 0 Å². The number of esters is 1. The number of allylic oxidation sites excluding steroid dienone is 1. The van der Waals surface area contributed by atoms with Crippen LogP contribution >= 0.6 is 0 Å². The number of ketones is 2. The molecule has 3 aliphatic carbocycles. The number of fused-ring (bicyclic) bond motifs is 4. The predicted molar refractivity (Wildman–Crippen MR) is 93.5 cm³/mol. The number of Topliss-reactive ketones (excluding diaryl/α,β-unsaturated/α-hetero) is 2. The van der Waals surface area contributed by atoms with Crippen molar-refractivity contribution in [2.45, 2.75) is 44.6 Å². The largest absolute Gasteiger partial charge is 0.460 e. The molecule has 0 bridgehead atoms. The van der Waals surface area contributed by atoms with E-state index in [0.29, 0.717) is 30.4 Å². The van der Waals surface area contributed by atoms with E-state index in [0.717, 1.165) is 5.57 Å². The van der Waals surface area contributed by atoms with Crippen molar-refractivity contribution in [3.05, 3.63) is 34.8 Å². The van der Waals surface area contributed by atoms with Crippen LogP contribution in [0.5, 0.6) is 0 Å². The summed E-state index contributed by atoms with van der Waals surface area (Å²) in [6.45, 7) is 4.21. The van der Waals surface area contributed by atoms with Gasteiger partial charge >= 0.3 is 5.97 Å². The lowest BCUT2D eigenvalue weighted by Crippen LogP contribution is -2.56. The second-order valence-corrected chi connectivity index (χ2v) is 8.60. The molecule has 0 radical (unpaired) electrons. The van der Waals surface area contributed by atoms with Gasteiger partial charge in [-0.15, -0.1) is 0 Å². The zero-order chi connectivity index (χ0) is 19.1. The first-order valence-electron chi connectivity index (χ1n) is 9.44. The standard InChI is InChI=1S/C21H22O6/c1-20-7-6-12-15(11(20)4-5-13(20)22)17(23)18-16-10(8-26-18)19(24)27-14(9-25-3)21(12,16)2/h6,8,11,14-15H,4-5,7,9H2,1-3H3/t11?,14-,15?,20+,21+/m1/s1. The molecule has 1 aromatic rings. The highest BCUT2D eigenvalue weighted by molar-refractivity contribution is 6.07. The molecule has 0 saturated heterocycles. The lowest BCUT2D eigenvalue weighted by Gasteiger charge is -2.51. The van der Waals surface area contributed by atoms with Gasteiger partial charge in [-0.1, -0.05) is 13.0 Å². The van der Waals surface area contributed by atoms with Gasteiger partial charge < -0.3 is 13.9 Å². The Morgan fingerprint density at radius 2 is 2.04 bits per heavy atom. The Balaban J connectivity index is 1.76. The van der Waals surface area contributed by atoms with Gasteiger partial charge in [0.05, 0.1) is 17.9 Å². The normalized spacial score (nSPS) is 39.4. The molecule has 0 spiro atoms. The van der Waals surface area contributed by atoms with Crippen LogP contribution in [0.4, 0.5) is 0 Å². The van der Waals surface area contributed by atoms with E-state index in [-0.39, 0.29) is 29.9 Å². The van der Waals surface area contributed by atoms with Gasteiger partial charge in [0.15, 0.2) is 5.76 Å². The smallest absolute Gasteiger partial charge is 0.342 e. The second kappa shape index (κ2) is 5.19. The van der Waals surface area contributed by atoms with Crippen molar-refractivity contribution in [3.8, 4) is 0 Å². The van der Waals surface area contributed by atoms with Gasteiger partial charge in [0.1, 0.15) is 23.7 Å². The third-order valence-electron chi connectivity index (χ3n) is 7.47. The third-order valence-corrected chi connectivity index (χ3v) is 7.47. The number of carbonyl (C=O) groups excluding carboxylic acids is 3. The Morgan fingerprint density at radius 1 is 1.26 bits per heavy atom. The number of hydrogen-bond acceptors (Lipinski definition) is 6. The first-order valence-corrected chi connectivity index (χ1v) is 9.44. The van der Waals surface area contributed by atoms with E-state index in [1.807, 2.05) is 19.9 Å². The van der Waals surface area contributed by atoms with Crippen molar-refractivity contribution in [3.63, 3.8) is 0 Å². The summed E-state index contributed by atoms with van der Waals surface area (Å²) in [5.74, 6) is -0.578. The molecule has 27 heavy (non-hydrogen) atoms. The Morgan fingerprint density at radius 3 is 2.78 bits per heavy atom. The summed E-state index contributed by atoms with van der Waals surface area (Å²) in [5, 5.41) is 0. The predicted octanol–water partition coefficient (Wildman–Crippen LogP) is 2.85. The summed E-state index contributed by atoms with van der Waals surface area (Å²) in [7, 11) is 1.57. The van der Waals surface area contributed by atoms with Crippen LogP contribution in [0.25, 0.3) is 0 Å². The summed E-state index contributed by atoms with van der Waals surface area (Å²) >= 11 is 0. The van der Waals surface area contributed by atoms with E-state index >= 15 is 0 Å². The highest BCUT2D eigenvalue weighted by atomic mass is 16.6. The zero-order valence-corrected chi connectivity index (χ0v) is 15.7. The molecule has 0 amide bonds. The van der Waals surface area contributed by atoms with Gasteiger partial charge in [-0.25, -0.2) is 4.79 Å². The van der Waals surface area contributed by atoms with Crippen molar-refractivity contribution in [1.82, 2.24) is 0 Å². The Kier molecular flexibility index (Phi) is 3.25. The van der Waals surface area contributed by atoms with Crippen LogP contribution in [0.3, 0.4) is 0 Å². The minimum Gasteiger partial charge on any atom is -0.460 e. The average molecular weight is 370 g/mol. The Labute approximate surface area is 156 Å². The zero-order valence-electron chi connectivity index (χ0n) is 15.7. The quantitative estimate of drug-likeness (QED) is 0.588. The summed E-state index contributed by atoms with van der Waals surface area (Å²) in [5.41, 5.74) is 0.710.